The lowest BCUT2D eigenvalue weighted by molar-refractivity contribution is 0.441. The first-order valence-electron chi connectivity index (χ1n) is 7.29. The van der Waals surface area contributed by atoms with Crippen molar-refractivity contribution in [3.05, 3.63) is 52.0 Å². The fourth-order valence-electron chi connectivity index (χ4n) is 2.31. The second-order valence-corrected chi connectivity index (χ2v) is 6.52. The summed E-state index contributed by atoms with van der Waals surface area (Å²) < 4.78 is 0. The van der Waals surface area contributed by atoms with E-state index in [1.807, 2.05) is 5.51 Å². The summed E-state index contributed by atoms with van der Waals surface area (Å²) in [5.74, 6) is 0.599. The molecule has 1 N–H and O–H groups in total. The van der Waals surface area contributed by atoms with E-state index in [1.54, 1.807) is 11.3 Å². The van der Waals surface area contributed by atoms with Crippen LogP contribution in [-0.2, 0) is 12.8 Å². The fourth-order valence-corrected chi connectivity index (χ4v) is 2.88. The van der Waals surface area contributed by atoms with Gasteiger partial charge in [0, 0.05) is 11.4 Å². The second kappa shape index (κ2) is 7.55. The van der Waals surface area contributed by atoms with Crippen molar-refractivity contribution in [3.63, 3.8) is 0 Å². The summed E-state index contributed by atoms with van der Waals surface area (Å²) in [4.78, 5) is 4.43. The van der Waals surface area contributed by atoms with Crippen molar-refractivity contribution in [2.45, 2.75) is 39.7 Å². The molecule has 1 aromatic heterocycles. The van der Waals surface area contributed by atoms with Gasteiger partial charge in [0.1, 0.15) is 0 Å². The van der Waals surface area contributed by atoms with Crippen LogP contribution >= 0.6 is 11.3 Å². The highest BCUT2D eigenvalue weighted by Gasteiger charge is 2.12. The number of aryl methyl sites for hydroxylation is 1. The molecule has 0 amide bonds. The van der Waals surface area contributed by atoms with Gasteiger partial charge in [-0.2, -0.15) is 0 Å². The van der Waals surface area contributed by atoms with Crippen LogP contribution in [0.2, 0.25) is 0 Å². The van der Waals surface area contributed by atoms with Gasteiger partial charge >= 0.3 is 0 Å². The molecule has 1 atom stereocenters. The van der Waals surface area contributed by atoms with Gasteiger partial charge in [0.05, 0.1) is 11.2 Å². The molecule has 0 radical (unpaired) electrons. The van der Waals surface area contributed by atoms with Crippen molar-refractivity contribution >= 4 is 11.3 Å². The summed E-state index contributed by atoms with van der Waals surface area (Å²) in [7, 11) is 0. The first-order valence-corrected chi connectivity index (χ1v) is 8.23. The molecule has 1 unspecified atom stereocenters. The van der Waals surface area contributed by atoms with E-state index >= 15 is 0 Å². The maximum atomic E-state index is 4.43. The molecule has 0 aliphatic carbocycles. The van der Waals surface area contributed by atoms with Gasteiger partial charge in [0.2, 0.25) is 0 Å². The smallest absolute Gasteiger partial charge is 0.0794 e. The van der Waals surface area contributed by atoms with Crippen molar-refractivity contribution in [1.82, 2.24) is 10.3 Å². The van der Waals surface area contributed by atoms with Crippen LogP contribution in [0.5, 0.6) is 0 Å². The number of nitrogens with one attached hydrogen (secondary N) is 1. The first-order chi connectivity index (χ1) is 9.63. The average Bonchev–Trinajstić information content (AvgIpc) is 2.91. The predicted octanol–water partition coefficient (Wildman–Crippen LogP) is 3.85. The van der Waals surface area contributed by atoms with E-state index in [9.17, 15) is 0 Å². The van der Waals surface area contributed by atoms with Crippen molar-refractivity contribution in [2.75, 3.05) is 6.54 Å². The third-order valence-electron chi connectivity index (χ3n) is 3.44. The van der Waals surface area contributed by atoms with E-state index in [0.717, 1.165) is 19.4 Å². The van der Waals surface area contributed by atoms with E-state index < -0.39 is 0 Å². The highest BCUT2D eigenvalue weighted by atomic mass is 32.1. The molecule has 0 aliphatic rings. The zero-order valence-corrected chi connectivity index (χ0v) is 13.4. The fraction of sp³-hybridized carbons (Fsp3) is 0.471. The third-order valence-corrected chi connectivity index (χ3v) is 4.08. The van der Waals surface area contributed by atoms with Crippen LogP contribution in [0.25, 0.3) is 0 Å². The summed E-state index contributed by atoms with van der Waals surface area (Å²) in [5.41, 5.74) is 5.89. The zero-order valence-electron chi connectivity index (χ0n) is 12.6. The van der Waals surface area contributed by atoms with E-state index in [2.05, 4.69) is 60.7 Å². The molecule has 1 heterocycles. The second-order valence-electron chi connectivity index (χ2n) is 5.80. The third kappa shape index (κ3) is 5.06. The maximum absolute atomic E-state index is 4.43. The van der Waals surface area contributed by atoms with Gasteiger partial charge in [-0.05, 0) is 37.8 Å². The van der Waals surface area contributed by atoms with E-state index in [4.69, 9.17) is 0 Å². The van der Waals surface area contributed by atoms with E-state index in [-0.39, 0.29) is 0 Å². The summed E-state index contributed by atoms with van der Waals surface area (Å²) in [5, 5.41) is 5.73. The minimum atomic E-state index is 0.533. The molecule has 0 spiro atoms. The normalized spacial score (nSPS) is 12.8. The topological polar surface area (TPSA) is 24.9 Å². The molecule has 0 fully saturated rings. The Kier molecular flexibility index (Phi) is 5.74. The number of benzene rings is 1. The van der Waals surface area contributed by atoms with E-state index in [0.29, 0.717) is 12.0 Å². The SMILES string of the molecule is Cc1ccc(CC(CNC(C)C)Cc2cscn2)cc1. The van der Waals surface area contributed by atoms with Crippen molar-refractivity contribution in [2.24, 2.45) is 5.92 Å². The van der Waals surface area contributed by atoms with Crippen LogP contribution in [-0.4, -0.2) is 17.6 Å². The van der Waals surface area contributed by atoms with Crippen LogP contribution in [0.3, 0.4) is 0 Å². The standard InChI is InChI=1S/C17H24N2S/c1-13(2)18-10-16(9-17-11-20-12-19-17)8-15-6-4-14(3)5-7-15/h4-7,11-13,16,18H,8-10H2,1-3H3. The number of aromatic nitrogens is 1. The molecule has 0 saturated carbocycles. The van der Waals surface area contributed by atoms with Gasteiger partial charge in [-0.15, -0.1) is 11.3 Å². The molecule has 0 bridgehead atoms. The molecular formula is C17H24N2S. The van der Waals surface area contributed by atoms with Crippen LogP contribution < -0.4 is 5.32 Å². The van der Waals surface area contributed by atoms with Gasteiger partial charge < -0.3 is 5.32 Å². The Labute approximate surface area is 126 Å². The molecule has 2 nitrogen and oxygen atoms in total. The van der Waals surface area contributed by atoms with Crippen LogP contribution in [0.1, 0.15) is 30.7 Å². The highest BCUT2D eigenvalue weighted by molar-refractivity contribution is 7.07. The number of hydrogen-bond acceptors (Lipinski definition) is 3. The van der Waals surface area contributed by atoms with Crippen molar-refractivity contribution < 1.29 is 0 Å². The molecule has 2 rings (SSSR count). The summed E-state index contributed by atoms with van der Waals surface area (Å²) in [6, 6.07) is 9.43. The van der Waals surface area contributed by atoms with Gasteiger partial charge in [0.15, 0.2) is 0 Å². The Balaban J connectivity index is 1.99. The van der Waals surface area contributed by atoms with E-state index in [1.165, 1.54) is 16.8 Å². The molecule has 0 aliphatic heterocycles. The number of thiazole rings is 1. The molecule has 1 aromatic carbocycles. The van der Waals surface area contributed by atoms with Gasteiger partial charge in [0.25, 0.3) is 0 Å². The molecule has 108 valence electrons. The summed E-state index contributed by atoms with van der Waals surface area (Å²) in [6.07, 6.45) is 2.16. The minimum Gasteiger partial charge on any atom is -0.314 e. The quantitative estimate of drug-likeness (QED) is 0.837. The lowest BCUT2D eigenvalue weighted by Crippen LogP contribution is -2.31. The Bertz CT molecular complexity index is 488. The summed E-state index contributed by atoms with van der Waals surface area (Å²) >= 11 is 1.68. The Morgan fingerprint density at radius 3 is 2.50 bits per heavy atom. The van der Waals surface area contributed by atoms with Crippen LogP contribution in [0.15, 0.2) is 35.2 Å². The number of nitrogens with zero attached hydrogens (tertiary/aromatic N) is 1. The predicted molar refractivity (Wildman–Crippen MR) is 87.3 cm³/mol. The Morgan fingerprint density at radius 2 is 1.90 bits per heavy atom. The first kappa shape index (κ1) is 15.2. The minimum absolute atomic E-state index is 0.533. The molecule has 20 heavy (non-hydrogen) atoms. The largest absolute Gasteiger partial charge is 0.314 e. The monoisotopic (exact) mass is 288 g/mol. The number of rotatable bonds is 7. The molecular weight excluding hydrogens is 264 g/mol. The Hall–Kier alpha value is -1.19. The van der Waals surface area contributed by atoms with Crippen molar-refractivity contribution in [3.8, 4) is 0 Å². The number of hydrogen-bond donors (Lipinski definition) is 1. The lowest BCUT2D eigenvalue weighted by atomic mass is 9.94. The van der Waals surface area contributed by atoms with Gasteiger partial charge in [-0.1, -0.05) is 43.7 Å². The lowest BCUT2D eigenvalue weighted by Gasteiger charge is -2.19. The molecule has 0 saturated heterocycles. The maximum Gasteiger partial charge on any atom is 0.0794 e. The van der Waals surface area contributed by atoms with Crippen LogP contribution in [0, 0.1) is 12.8 Å². The van der Waals surface area contributed by atoms with Gasteiger partial charge in [-0.25, -0.2) is 4.98 Å². The van der Waals surface area contributed by atoms with Gasteiger partial charge in [-0.3, -0.25) is 0 Å². The zero-order chi connectivity index (χ0) is 14.4. The van der Waals surface area contributed by atoms with Crippen LogP contribution in [0.4, 0.5) is 0 Å². The average molecular weight is 288 g/mol. The summed E-state index contributed by atoms with van der Waals surface area (Å²) in [6.45, 7) is 7.58. The van der Waals surface area contributed by atoms with Crippen molar-refractivity contribution in [1.29, 1.82) is 0 Å². The molecule has 3 heteroatoms. The molecule has 2 aromatic rings. The highest BCUT2D eigenvalue weighted by Crippen LogP contribution is 2.15. The Morgan fingerprint density at radius 1 is 1.15 bits per heavy atom.